The summed E-state index contributed by atoms with van der Waals surface area (Å²) in [6.45, 7) is 1.57. The van der Waals surface area contributed by atoms with Gasteiger partial charge in [0.1, 0.15) is 5.82 Å². The average Bonchev–Trinajstić information content (AvgIpc) is 2.96. The van der Waals surface area contributed by atoms with Gasteiger partial charge < -0.3 is 10.6 Å². The number of halogens is 4. The Morgan fingerprint density at radius 1 is 1.36 bits per heavy atom. The van der Waals surface area contributed by atoms with Crippen LogP contribution < -0.4 is 10.6 Å². The van der Waals surface area contributed by atoms with Crippen LogP contribution in [0, 0.1) is 11.7 Å². The summed E-state index contributed by atoms with van der Waals surface area (Å²) in [5.74, 6) is -0.789. The van der Waals surface area contributed by atoms with E-state index in [4.69, 9.17) is 0 Å². The van der Waals surface area contributed by atoms with Gasteiger partial charge in [0.15, 0.2) is 0 Å². The zero-order valence-corrected chi connectivity index (χ0v) is 12.0. The number of amides is 1. The number of hydrogen-bond donors (Lipinski definition) is 2. The molecule has 1 heterocycles. The Kier molecular flexibility index (Phi) is 5.39. The lowest BCUT2D eigenvalue weighted by Crippen LogP contribution is -2.25. The van der Waals surface area contributed by atoms with Crippen LogP contribution in [0.3, 0.4) is 0 Å². The van der Waals surface area contributed by atoms with Gasteiger partial charge in [-0.3, -0.25) is 4.79 Å². The van der Waals surface area contributed by atoms with Crippen LogP contribution in [0.4, 0.5) is 17.6 Å². The maximum Gasteiger partial charge on any atom is 0.416 e. The third-order valence-corrected chi connectivity index (χ3v) is 3.80. The van der Waals surface area contributed by atoms with E-state index in [2.05, 4.69) is 10.6 Å². The third-order valence-electron chi connectivity index (χ3n) is 3.80. The Morgan fingerprint density at radius 3 is 2.77 bits per heavy atom. The van der Waals surface area contributed by atoms with Gasteiger partial charge in [-0.15, -0.1) is 0 Å². The van der Waals surface area contributed by atoms with Crippen LogP contribution >= 0.6 is 0 Å². The highest BCUT2D eigenvalue weighted by Gasteiger charge is 2.33. The molecule has 1 aromatic rings. The van der Waals surface area contributed by atoms with E-state index in [1.807, 2.05) is 0 Å². The Hall–Kier alpha value is -1.63. The molecular formula is C15H18F4N2O. The van der Waals surface area contributed by atoms with Crippen molar-refractivity contribution in [3.8, 4) is 0 Å². The maximum atomic E-state index is 13.0. The van der Waals surface area contributed by atoms with Gasteiger partial charge in [-0.05, 0) is 49.5 Å². The van der Waals surface area contributed by atoms with Crippen molar-refractivity contribution in [3.05, 3.63) is 35.1 Å². The average molecular weight is 318 g/mol. The molecule has 1 aromatic carbocycles. The van der Waals surface area contributed by atoms with E-state index in [0.29, 0.717) is 18.4 Å². The number of rotatable bonds is 5. The van der Waals surface area contributed by atoms with Gasteiger partial charge in [0.25, 0.3) is 0 Å². The number of hydrogen-bond acceptors (Lipinski definition) is 2. The van der Waals surface area contributed by atoms with Crippen LogP contribution in [-0.2, 0) is 17.5 Å². The molecule has 1 atom stereocenters. The van der Waals surface area contributed by atoms with Gasteiger partial charge >= 0.3 is 6.18 Å². The molecule has 1 fully saturated rings. The van der Waals surface area contributed by atoms with Crippen molar-refractivity contribution in [1.29, 1.82) is 0 Å². The second-order valence-electron chi connectivity index (χ2n) is 5.47. The minimum atomic E-state index is -4.64. The predicted molar refractivity (Wildman–Crippen MR) is 73.5 cm³/mol. The predicted octanol–water partition coefficient (Wildman–Crippen LogP) is 2.85. The van der Waals surface area contributed by atoms with E-state index in [1.54, 1.807) is 0 Å². The highest BCUT2D eigenvalue weighted by Crippen LogP contribution is 2.32. The third kappa shape index (κ3) is 4.69. The molecule has 0 aromatic heterocycles. The molecule has 1 saturated heterocycles. The van der Waals surface area contributed by atoms with E-state index in [0.717, 1.165) is 31.6 Å². The van der Waals surface area contributed by atoms with Gasteiger partial charge in [0, 0.05) is 13.0 Å². The van der Waals surface area contributed by atoms with Crippen LogP contribution in [0.5, 0.6) is 0 Å². The quantitative estimate of drug-likeness (QED) is 0.820. The highest BCUT2D eigenvalue weighted by atomic mass is 19.4. The van der Waals surface area contributed by atoms with E-state index in [9.17, 15) is 22.4 Å². The molecule has 0 spiro atoms. The van der Waals surface area contributed by atoms with Crippen molar-refractivity contribution in [2.24, 2.45) is 5.92 Å². The number of carbonyl (C=O) groups is 1. The Bertz CT molecular complexity index is 525. The van der Waals surface area contributed by atoms with Gasteiger partial charge in [-0.2, -0.15) is 13.2 Å². The summed E-state index contributed by atoms with van der Waals surface area (Å²) in [5.41, 5.74) is -1.18. The summed E-state index contributed by atoms with van der Waals surface area (Å²) in [5, 5.41) is 5.66. The summed E-state index contributed by atoms with van der Waals surface area (Å²) >= 11 is 0. The lowest BCUT2D eigenvalue weighted by Gasteiger charge is -2.14. The Labute approximate surface area is 126 Å². The van der Waals surface area contributed by atoms with Crippen molar-refractivity contribution in [2.45, 2.75) is 32.0 Å². The molecule has 1 aliphatic rings. The second kappa shape index (κ2) is 7.09. The van der Waals surface area contributed by atoms with E-state index >= 15 is 0 Å². The number of benzene rings is 1. The first-order chi connectivity index (χ1) is 10.4. The van der Waals surface area contributed by atoms with Crippen LogP contribution in [0.1, 0.15) is 30.4 Å². The zero-order valence-electron chi connectivity index (χ0n) is 12.0. The molecule has 0 bridgehead atoms. The first kappa shape index (κ1) is 16.7. The minimum Gasteiger partial charge on any atom is -0.352 e. The summed E-state index contributed by atoms with van der Waals surface area (Å²) in [7, 11) is 0. The van der Waals surface area contributed by atoms with Crippen molar-refractivity contribution in [3.63, 3.8) is 0 Å². The minimum absolute atomic E-state index is 0.134. The van der Waals surface area contributed by atoms with Crippen LogP contribution in [0.2, 0.25) is 0 Å². The topological polar surface area (TPSA) is 41.1 Å². The number of carbonyl (C=O) groups excluding carboxylic acids is 1. The molecule has 0 radical (unpaired) electrons. The van der Waals surface area contributed by atoms with Gasteiger partial charge in [-0.1, -0.05) is 6.07 Å². The smallest absolute Gasteiger partial charge is 0.352 e. The molecule has 2 N–H and O–H groups in total. The lowest BCUT2D eigenvalue weighted by molar-refractivity contribution is -0.138. The zero-order chi connectivity index (χ0) is 16.2. The Balaban J connectivity index is 1.89. The first-order valence-corrected chi connectivity index (χ1v) is 7.19. The highest BCUT2D eigenvalue weighted by molar-refractivity contribution is 5.75. The van der Waals surface area contributed by atoms with E-state index in [-0.39, 0.29) is 24.4 Å². The summed E-state index contributed by atoms with van der Waals surface area (Å²) in [4.78, 5) is 11.7. The van der Waals surface area contributed by atoms with Crippen molar-refractivity contribution >= 4 is 5.91 Å². The summed E-state index contributed by atoms with van der Waals surface area (Å²) in [6.07, 6.45) is -2.62. The molecule has 1 aliphatic heterocycles. The fourth-order valence-corrected chi connectivity index (χ4v) is 2.54. The molecular weight excluding hydrogens is 300 g/mol. The fourth-order valence-electron chi connectivity index (χ4n) is 2.54. The molecule has 3 nitrogen and oxygen atoms in total. The van der Waals surface area contributed by atoms with E-state index in [1.165, 1.54) is 0 Å². The monoisotopic (exact) mass is 318 g/mol. The summed E-state index contributed by atoms with van der Waals surface area (Å²) in [6, 6.07) is 2.46. The van der Waals surface area contributed by atoms with Crippen molar-refractivity contribution in [1.82, 2.24) is 10.6 Å². The lowest BCUT2D eigenvalue weighted by atomic mass is 10.0. The molecule has 2 rings (SSSR count). The normalized spacial score (nSPS) is 18.5. The van der Waals surface area contributed by atoms with Crippen LogP contribution in [0.15, 0.2) is 18.2 Å². The molecule has 7 heteroatoms. The molecule has 122 valence electrons. The maximum absolute atomic E-state index is 13.0. The van der Waals surface area contributed by atoms with Gasteiger partial charge in [0.05, 0.1) is 5.56 Å². The standard InChI is InChI=1S/C15H18F4N2O/c16-12-3-2-11(13(7-12)15(17,18)19)9-21-14(22)4-1-10-5-6-20-8-10/h2-3,7,10,20H,1,4-6,8-9H2,(H,21,22). The molecule has 0 aliphatic carbocycles. The van der Waals surface area contributed by atoms with E-state index < -0.39 is 17.6 Å². The molecule has 1 unspecified atom stereocenters. The van der Waals surface area contributed by atoms with Crippen molar-refractivity contribution in [2.75, 3.05) is 13.1 Å². The Morgan fingerprint density at radius 2 is 2.14 bits per heavy atom. The van der Waals surface area contributed by atoms with Crippen LogP contribution in [0.25, 0.3) is 0 Å². The fraction of sp³-hybridized carbons (Fsp3) is 0.533. The van der Waals surface area contributed by atoms with Gasteiger partial charge in [0.2, 0.25) is 5.91 Å². The van der Waals surface area contributed by atoms with Gasteiger partial charge in [-0.25, -0.2) is 4.39 Å². The molecule has 1 amide bonds. The number of nitrogens with one attached hydrogen (secondary N) is 2. The van der Waals surface area contributed by atoms with Crippen molar-refractivity contribution < 1.29 is 22.4 Å². The second-order valence-corrected chi connectivity index (χ2v) is 5.47. The first-order valence-electron chi connectivity index (χ1n) is 7.19. The SMILES string of the molecule is O=C(CCC1CCNC1)NCc1ccc(F)cc1C(F)(F)F. The summed E-state index contributed by atoms with van der Waals surface area (Å²) < 4.78 is 51.4. The molecule has 22 heavy (non-hydrogen) atoms. The van der Waals surface area contributed by atoms with Crippen LogP contribution in [-0.4, -0.2) is 19.0 Å². The molecule has 0 saturated carbocycles. The number of alkyl halides is 3. The largest absolute Gasteiger partial charge is 0.416 e.